The lowest BCUT2D eigenvalue weighted by atomic mass is 9.91. The van der Waals surface area contributed by atoms with E-state index in [1.165, 1.54) is 0 Å². The van der Waals surface area contributed by atoms with Crippen molar-refractivity contribution in [1.29, 1.82) is 0 Å². The lowest BCUT2D eigenvalue weighted by Crippen LogP contribution is -2.53. The summed E-state index contributed by atoms with van der Waals surface area (Å²) in [7, 11) is 0. The topological polar surface area (TPSA) is 79.8 Å². The molecule has 0 saturated carbocycles. The number of aliphatic hydroxyl groups excluding tert-OH is 1. The third-order valence-corrected chi connectivity index (χ3v) is 4.84. The Labute approximate surface area is 164 Å². The van der Waals surface area contributed by atoms with Crippen LogP contribution in [-0.2, 0) is 14.3 Å². The fourth-order valence-corrected chi connectivity index (χ4v) is 2.65. The van der Waals surface area contributed by atoms with Crippen LogP contribution in [0.3, 0.4) is 0 Å². The number of amides is 1. The van der Waals surface area contributed by atoms with Gasteiger partial charge in [0.1, 0.15) is 5.76 Å². The third kappa shape index (κ3) is 8.03. The second-order valence-electron chi connectivity index (χ2n) is 8.44. The molecule has 0 aromatic heterocycles. The molecule has 1 amide bonds. The summed E-state index contributed by atoms with van der Waals surface area (Å²) in [4.78, 5) is 12.7. The van der Waals surface area contributed by atoms with Gasteiger partial charge in [-0.1, -0.05) is 27.4 Å². The van der Waals surface area contributed by atoms with Gasteiger partial charge in [-0.05, 0) is 51.6 Å². The van der Waals surface area contributed by atoms with Crippen molar-refractivity contribution in [3.05, 3.63) is 24.1 Å². The number of nitrogens with one attached hydrogen (secondary N) is 2. The van der Waals surface area contributed by atoms with Gasteiger partial charge in [0, 0.05) is 24.3 Å². The average Bonchev–Trinajstić information content (AvgIpc) is 2.64. The van der Waals surface area contributed by atoms with Crippen molar-refractivity contribution in [2.75, 3.05) is 33.0 Å². The minimum absolute atomic E-state index is 0.0536. The highest BCUT2D eigenvalue weighted by Gasteiger charge is 2.29. The largest absolute Gasteiger partial charge is 0.497 e. The Morgan fingerprint density at radius 3 is 2.48 bits per heavy atom. The fourth-order valence-electron chi connectivity index (χ4n) is 2.65. The van der Waals surface area contributed by atoms with Crippen molar-refractivity contribution in [1.82, 2.24) is 10.6 Å². The van der Waals surface area contributed by atoms with Crippen molar-refractivity contribution < 1.29 is 19.4 Å². The van der Waals surface area contributed by atoms with Gasteiger partial charge in [0.25, 0.3) is 0 Å². The number of carbonyl (C=O) groups is 1. The van der Waals surface area contributed by atoms with E-state index < -0.39 is 11.0 Å². The van der Waals surface area contributed by atoms with Gasteiger partial charge in [-0.25, -0.2) is 0 Å². The lowest BCUT2D eigenvalue weighted by Gasteiger charge is -2.30. The highest BCUT2D eigenvalue weighted by molar-refractivity contribution is 5.87. The number of ether oxygens (including phenoxy) is 2. The van der Waals surface area contributed by atoms with Crippen molar-refractivity contribution in [3.8, 4) is 0 Å². The molecule has 0 aromatic rings. The van der Waals surface area contributed by atoms with E-state index in [1.807, 2.05) is 34.6 Å². The van der Waals surface area contributed by atoms with Crippen LogP contribution in [0, 0.1) is 11.3 Å². The molecule has 1 heterocycles. The first kappa shape index (κ1) is 23.7. The molecule has 0 aliphatic carbocycles. The second kappa shape index (κ2) is 10.8. The molecule has 1 aliphatic heterocycles. The molecule has 0 atom stereocenters. The van der Waals surface area contributed by atoms with Gasteiger partial charge in [0.2, 0.25) is 5.91 Å². The molecule has 6 heteroatoms. The summed E-state index contributed by atoms with van der Waals surface area (Å²) in [6, 6.07) is 0. The normalized spacial score (nSPS) is 16.9. The molecule has 0 bridgehead atoms. The molecule has 27 heavy (non-hydrogen) atoms. The molecule has 0 radical (unpaired) electrons. The summed E-state index contributed by atoms with van der Waals surface area (Å²) in [6.07, 6.45) is 4.61. The Balaban J connectivity index is 2.66. The molecule has 1 rings (SSSR count). The van der Waals surface area contributed by atoms with Gasteiger partial charge in [0.05, 0.1) is 18.8 Å². The molecule has 0 unspecified atom stereocenters. The predicted octanol–water partition coefficient (Wildman–Crippen LogP) is 2.74. The maximum Gasteiger partial charge on any atom is 0.244 e. The van der Waals surface area contributed by atoms with Gasteiger partial charge in [-0.3, -0.25) is 4.79 Å². The van der Waals surface area contributed by atoms with Crippen molar-refractivity contribution in [3.63, 3.8) is 0 Å². The van der Waals surface area contributed by atoms with Gasteiger partial charge < -0.3 is 25.2 Å². The van der Waals surface area contributed by atoms with Crippen LogP contribution in [0.1, 0.15) is 53.9 Å². The van der Waals surface area contributed by atoms with Crippen LogP contribution in [0.25, 0.3) is 0 Å². The van der Waals surface area contributed by atoms with Crippen LogP contribution in [0.5, 0.6) is 0 Å². The number of carbonyl (C=O) groups excluding carboxylic acids is 1. The minimum atomic E-state index is -0.716. The zero-order valence-corrected chi connectivity index (χ0v) is 17.7. The summed E-state index contributed by atoms with van der Waals surface area (Å²) in [6.45, 7) is 16.3. The predicted molar refractivity (Wildman–Crippen MR) is 108 cm³/mol. The molecule has 1 aliphatic rings. The van der Waals surface area contributed by atoms with Crippen molar-refractivity contribution in [2.24, 2.45) is 11.3 Å². The molecular formula is C21H38N2O4. The van der Waals surface area contributed by atoms with Gasteiger partial charge >= 0.3 is 0 Å². The summed E-state index contributed by atoms with van der Waals surface area (Å²) in [5.74, 6) is 1.01. The number of allylic oxidation sites excluding steroid dienone is 1. The molecule has 1 fully saturated rings. The van der Waals surface area contributed by atoms with Crippen molar-refractivity contribution >= 4 is 5.91 Å². The third-order valence-electron chi connectivity index (χ3n) is 4.84. The maximum atomic E-state index is 12.7. The first-order valence-electron chi connectivity index (χ1n) is 9.91. The summed E-state index contributed by atoms with van der Waals surface area (Å²) < 4.78 is 11.2. The maximum absolute atomic E-state index is 12.7. The molecule has 0 aromatic carbocycles. The van der Waals surface area contributed by atoms with E-state index in [1.54, 1.807) is 6.08 Å². The van der Waals surface area contributed by atoms with Crippen LogP contribution in [0.2, 0.25) is 0 Å². The zero-order valence-electron chi connectivity index (χ0n) is 17.7. The Kier molecular flexibility index (Phi) is 9.50. The number of hydrogen-bond donors (Lipinski definition) is 3. The number of rotatable bonds is 11. The van der Waals surface area contributed by atoms with Crippen LogP contribution < -0.4 is 10.6 Å². The average molecular weight is 383 g/mol. The van der Waals surface area contributed by atoms with Crippen LogP contribution >= 0.6 is 0 Å². The van der Waals surface area contributed by atoms with E-state index in [-0.39, 0.29) is 12.5 Å². The molecular weight excluding hydrogens is 344 g/mol. The molecule has 3 N–H and O–H groups in total. The highest BCUT2D eigenvalue weighted by atomic mass is 16.5. The van der Waals surface area contributed by atoms with E-state index in [4.69, 9.17) is 9.47 Å². The molecule has 1 saturated heterocycles. The van der Waals surface area contributed by atoms with E-state index in [0.717, 1.165) is 39.0 Å². The van der Waals surface area contributed by atoms with Gasteiger partial charge in [0.15, 0.2) is 0 Å². The fraction of sp³-hybridized carbons (Fsp3) is 0.762. The van der Waals surface area contributed by atoms with Gasteiger partial charge in [-0.2, -0.15) is 0 Å². The quantitative estimate of drug-likeness (QED) is 0.378. The Morgan fingerprint density at radius 1 is 1.30 bits per heavy atom. The van der Waals surface area contributed by atoms with Crippen LogP contribution in [-0.4, -0.2) is 49.5 Å². The summed E-state index contributed by atoms with van der Waals surface area (Å²) in [5, 5.41) is 15.8. The number of aliphatic hydroxyl groups is 1. The first-order chi connectivity index (χ1) is 12.6. The Bertz CT molecular complexity index is 520. The number of hydrogen-bond acceptors (Lipinski definition) is 5. The van der Waals surface area contributed by atoms with E-state index in [0.29, 0.717) is 24.0 Å². The van der Waals surface area contributed by atoms with Gasteiger partial charge in [-0.15, -0.1) is 0 Å². The lowest BCUT2D eigenvalue weighted by molar-refractivity contribution is -0.125. The summed E-state index contributed by atoms with van der Waals surface area (Å²) in [5.41, 5.74) is -0.806. The van der Waals surface area contributed by atoms with Crippen LogP contribution in [0.15, 0.2) is 24.1 Å². The Hall–Kier alpha value is -1.37. The first-order valence-corrected chi connectivity index (χ1v) is 9.91. The van der Waals surface area contributed by atoms with E-state index in [9.17, 15) is 9.90 Å². The molecule has 6 nitrogen and oxygen atoms in total. The smallest absolute Gasteiger partial charge is 0.244 e. The molecule has 156 valence electrons. The standard InChI is InChI=1S/C21H38N2O4/c1-7-10-27-18(20(3,4)15-24)13-16(2)23-19(25)21(5,6)22-14-17-8-11-26-12-9-17/h13,17,22,24H,2,7-12,14-15H2,1,3-6H3,(H,23,25). The van der Waals surface area contributed by atoms with Crippen molar-refractivity contribution in [2.45, 2.75) is 59.4 Å². The highest BCUT2D eigenvalue weighted by Crippen LogP contribution is 2.27. The SMILES string of the molecule is C=C(C=C(OCCC)C(C)(C)CO)NC(=O)C(C)(C)NCC1CCOCC1. The van der Waals surface area contributed by atoms with E-state index in [2.05, 4.69) is 17.2 Å². The zero-order chi connectivity index (χ0) is 20.5. The minimum Gasteiger partial charge on any atom is -0.497 e. The van der Waals surface area contributed by atoms with E-state index >= 15 is 0 Å². The Morgan fingerprint density at radius 2 is 1.93 bits per heavy atom. The second-order valence-corrected chi connectivity index (χ2v) is 8.44. The monoisotopic (exact) mass is 382 g/mol. The molecule has 0 spiro atoms. The van der Waals surface area contributed by atoms with Crippen LogP contribution in [0.4, 0.5) is 0 Å². The summed E-state index contributed by atoms with van der Waals surface area (Å²) >= 11 is 0.